The van der Waals surface area contributed by atoms with Gasteiger partial charge in [-0.05, 0) is 36.3 Å². The zero-order chi connectivity index (χ0) is 11.3. The summed E-state index contributed by atoms with van der Waals surface area (Å²) in [5.74, 6) is -0.734. The fourth-order valence-electron chi connectivity index (χ4n) is 1.51. The normalized spacial score (nSPS) is 10.3. The molecule has 1 aromatic rings. The highest BCUT2D eigenvalue weighted by atomic mass is 32.2. The van der Waals surface area contributed by atoms with E-state index in [4.69, 9.17) is 5.11 Å². The summed E-state index contributed by atoms with van der Waals surface area (Å²) < 4.78 is 0. The molecule has 2 nitrogen and oxygen atoms in total. The molecule has 0 aliphatic rings. The van der Waals surface area contributed by atoms with E-state index in [0.717, 1.165) is 12.0 Å². The van der Waals surface area contributed by atoms with Gasteiger partial charge in [0, 0.05) is 11.3 Å². The van der Waals surface area contributed by atoms with Gasteiger partial charge in [-0.3, -0.25) is 4.79 Å². The molecule has 82 valence electrons. The number of hydrogen-bond donors (Lipinski definition) is 1. The van der Waals surface area contributed by atoms with Gasteiger partial charge in [-0.1, -0.05) is 19.1 Å². The van der Waals surface area contributed by atoms with E-state index in [1.54, 1.807) is 11.8 Å². The van der Waals surface area contributed by atoms with Crippen LogP contribution in [0.3, 0.4) is 0 Å². The van der Waals surface area contributed by atoms with Crippen LogP contribution in [0.15, 0.2) is 23.1 Å². The Labute approximate surface area is 94.7 Å². The van der Waals surface area contributed by atoms with Gasteiger partial charge in [-0.25, -0.2) is 0 Å². The molecule has 0 atom stereocenters. The summed E-state index contributed by atoms with van der Waals surface area (Å²) in [6, 6.07) is 6.23. The van der Waals surface area contributed by atoms with Crippen molar-refractivity contribution in [2.24, 2.45) is 0 Å². The molecular formula is C12H16O2S. The molecule has 0 unspecified atom stereocenters. The SMILES string of the molecule is CCc1cc(CCC(=O)O)ccc1SC. The van der Waals surface area contributed by atoms with E-state index in [1.165, 1.54) is 10.5 Å². The first-order valence-electron chi connectivity index (χ1n) is 5.05. The van der Waals surface area contributed by atoms with Gasteiger partial charge in [0.1, 0.15) is 0 Å². The van der Waals surface area contributed by atoms with E-state index >= 15 is 0 Å². The minimum absolute atomic E-state index is 0.210. The summed E-state index contributed by atoms with van der Waals surface area (Å²) in [4.78, 5) is 11.7. The number of rotatable bonds is 5. The molecule has 1 N–H and O–H groups in total. The first-order chi connectivity index (χ1) is 7.17. The molecule has 0 saturated carbocycles. The van der Waals surface area contributed by atoms with Crippen LogP contribution >= 0.6 is 11.8 Å². The highest BCUT2D eigenvalue weighted by molar-refractivity contribution is 7.98. The fraction of sp³-hybridized carbons (Fsp3) is 0.417. The molecule has 1 rings (SSSR count). The molecule has 0 saturated heterocycles. The van der Waals surface area contributed by atoms with Crippen LogP contribution in [0, 0.1) is 0 Å². The Morgan fingerprint density at radius 3 is 2.73 bits per heavy atom. The molecule has 3 heteroatoms. The molecule has 0 fully saturated rings. The van der Waals surface area contributed by atoms with E-state index in [9.17, 15) is 4.79 Å². The lowest BCUT2D eigenvalue weighted by molar-refractivity contribution is -0.136. The summed E-state index contributed by atoms with van der Waals surface area (Å²) >= 11 is 1.74. The standard InChI is InChI=1S/C12H16O2S/c1-3-10-8-9(5-7-12(13)14)4-6-11(10)15-2/h4,6,8H,3,5,7H2,1-2H3,(H,13,14). The minimum atomic E-state index is -0.734. The smallest absolute Gasteiger partial charge is 0.303 e. The Morgan fingerprint density at radius 1 is 1.47 bits per heavy atom. The molecule has 0 radical (unpaired) electrons. The van der Waals surface area contributed by atoms with Crippen LogP contribution in [0.4, 0.5) is 0 Å². The van der Waals surface area contributed by atoms with Crippen LogP contribution in [0.1, 0.15) is 24.5 Å². The van der Waals surface area contributed by atoms with Crippen molar-refractivity contribution in [2.45, 2.75) is 31.1 Å². The predicted molar refractivity (Wildman–Crippen MR) is 63.6 cm³/mol. The fourth-order valence-corrected chi connectivity index (χ4v) is 2.18. The second kappa shape index (κ2) is 5.81. The van der Waals surface area contributed by atoms with E-state index in [0.29, 0.717) is 6.42 Å². The third kappa shape index (κ3) is 3.59. The molecule has 0 spiro atoms. The average molecular weight is 224 g/mol. The molecular weight excluding hydrogens is 208 g/mol. The Balaban J connectivity index is 2.78. The van der Waals surface area contributed by atoms with E-state index in [1.807, 2.05) is 6.07 Å². The van der Waals surface area contributed by atoms with Crippen molar-refractivity contribution in [1.29, 1.82) is 0 Å². The van der Waals surface area contributed by atoms with Crippen molar-refractivity contribution < 1.29 is 9.90 Å². The number of thioether (sulfide) groups is 1. The first kappa shape index (κ1) is 12.1. The van der Waals surface area contributed by atoms with Crippen LogP contribution in [0.5, 0.6) is 0 Å². The van der Waals surface area contributed by atoms with Crippen molar-refractivity contribution in [3.8, 4) is 0 Å². The maximum atomic E-state index is 10.4. The Hall–Kier alpha value is -0.960. The number of benzene rings is 1. The van der Waals surface area contributed by atoms with Gasteiger partial charge in [0.2, 0.25) is 0 Å². The topological polar surface area (TPSA) is 37.3 Å². The summed E-state index contributed by atoms with van der Waals surface area (Å²) in [5.41, 5.74) is 2.43. The average Bonchev–Trinajstić information content (AvgIpc) is 2.25. The highest BCUT2D eigenvalue weighted by Crippen LogP contribution is 2.22. The van der Waals surface area contributed by atoms with Crippen LogP contribution in [-0.2, 0) is 17.6 Å². The quantitative estimate of drug-likeness (QED) is 0.781. The Morgan fingerprint density at radius 2 is 2.20 bits per heavy atom. The lowest BCUT2D eigenvalue weighted by Gasteiger charge is -2.07. The maximum absolute atomic E-state index is 10.4. The number of carbonyl (C=O) groups is 1. The van der Waals surface area contributed by atoms with Gasteiger partial charge in [0.05, 0.1) is 0 Å². The van der Waals surface area contributed by atoms with E-state index in [2.05, 4.69) is 25.3 Å². The minimum Gasteiger partial charge on any atom is -0.481 e. The van der Waals surface area contributed by atoms with Gasteiger partial charge < -0.3 is 5.11 Å². The van der Waals surface area contributed by atoms with Crippen molar-refractivity contribution >= 4 is 17.7 Å². The summed E-state index contributed by atoms with van der Waals surface area (Å²) in [6.07, 6.45) is 3.89. The molecule has 0 aromatic heterocycles. The van der Waals surface area contributed by atoms with Gasteiger partial charge >= 0.3 is 5.97 Å². The van der Waals surface area contributed by atoms with Crippen molar-refractivity contribution in [1.82, 2.24) is 0 Å². The second-order valence-electron chi connectivity index (χ2n) is 3.39. The maximum Gasteiger partial charge on any atom is 0.303 e. The molecule has 0 aliphatic heterocycles. The third-order valence-corrected chi connectivity index (χ3v) is 3.19. The summed E-state index contributed by atoms with van der Waals surface area (Å²) in [7, 11) is 0. The lowest BCUT2D eigenvalue weighted by atomic mass is 10.1. The van der Waals surface area contributed by atoms with E-state index in [-0.39, 0.29) is 6.42 Å². The van der Waals surface area contributed by atoms with Crippen molar-refractivity contribution in [3.63, 3.8) is 0 Å². The molecule has 0 amide bonds. The van der Waals surface area contributed by atoms with E-state index < -0.39 is 5.97 Å². The molecule has 1 aromatic carbocycles. The van der Waals surface area contributed by atoms with Crippen LogP contribution in [-0.4, -0.2) is 17.3 Å². The largest absolute Gasteiger partial charge is 0.481 e. The van der Waals surface area contributed by atoms with Gasteiger partial charge in [0.25, 0.3) is 0 Å². The monoisotopic (exact) mass is 224 g/mol. The number of aryl methyl sites for hydroxylation is 2. The van der Waals surface area contributed by atoms with Crippen molar-refractivity contribution in [2.75, 3.05) is 6.26 Å². The summed E-state index contributed by atoms with van der Waals surface area (Å²) in [5, 5.41) is 8.60. The molecule has 0 bridgehead atoms. The Bertz CT molecular complexity index is 347. The van der Waals surface area contributed by atoms with Crippen molar-refractivity contribution in [3.05, 3.63) is 29.3 Å². The molecule has 0 heterocycles. The first-order valence-corrected chi connectivity index (χ1v) is 6.27. The predicted octanol–water partition coefficient (Wildman–Crippen LogP) is 2.99. The third-order valence-electron chi connectivity index (χ3n) is 2.35. The van der Waals surface area contributed by atoms with Gasteiger partial charge in [-0.2, -0.15) is 0 Å². The number of aliphatic carboxylic acids is 1. The number of carboxylic acid groups (broad SMARTS) is 1. The Kier molecular flexibility index (Phi) is 4.69. The van der Waals surface area contributed by atoms with Crippen LogP contribution in [0.2, 0.25) is 0 Å². The zero-order valence-corrected chi connectivity index (χ0v) is 9.93. The number of hydrogen-bond acceptors (Lipinski definition) is 2. The van der Waals surface area contributed by atoms with Crippen LogP contribution in [0.25, 0.3) is 0 Å². The summed E-state index contributed by atoms with van der Waals surface area (Å²) in [6.45, 7) is 2.12. The van der Waals surface area contributed by atoms with Gasteiger partial charge in [-0.15, -0.1) is 11.8 Å². The second-order valence-corrected chi connectivity index (χ2v) is 4.24. The van der Waals surface area contributed by atoms with Gasteiger partial charge in [0.15, 0.2) is 0 Å². The lowest BCUT2D eigenvalue weighted by Crippen LogP contribution is -1.98. The highest BCUT2D eigenvalue weighted by Gasteiger charge is 2.03. The number of carboxylic acids is 1. The zero-order valence-electron chi connectivity index (χ0n) is 9.12. The molecule has 0 aliphatic carbocycles. The molecule has 15 heavy (non-hydrogen) atoms. The van der Waals surface area contributed by atoms with Crippen LogP contribution < -0.4 is 0 Å².